The van der Waals surface area contributed by atoms with Crippen molar-refractivity contribution >= 4 is 17.7 Å². The maximum atomic E-state index is 12.6. The van der Waals surface area contributed by atoms with Crippen molar-refractivity contribution in [1.29, 1.82) is 5.26 Å². The second kappa shape index (κ2) is 8.28. The maximum absolute atomic E-state index is 12.6. The highest BCUT2D eigenvalue weighted by atomic mass is 16.5. The fraction of sp³-hybridized carbons (Fsp3) is 0.130. The van der Waals surface area contributed by atoms with Gasteiger partial charge in [-0.05, 0) is 68.0 Å². The Kier molecular flexibility index (Phi) is 5.61. The Balaban J connectivity index is 1.94. The van der Waals surface area contributed by atoms with E-state index >= 15 is 0 Å². The molecule has 140 valence electrons. The molecule has 28 heavy (non-hydrogen) atoms. The number of ether oxygens (including phenoxy) is 1. The van der Waals surface area contributed by atoms with E-state index in [1.54, 1.807) is 13.2 Å². The minimum atomic E-state index is -0.433. The first-order valence-corrected chi connectivity index (χ1v) is 8.85. The molecule has 1 heterocycles. The van der Waals surface area contributed by atoms with Gasteiger partial charge in [0.15, 0.2) is 0 Å². The van der Waals surface area contributed by atoms with Crippen molar-refractivity contribution in [3.63, 3.8) is 0 Å². The van der Waals surface area contributed by atoms with Gasteiger partial charge in [0.05, 0.1) is 7.11 Å². The van der Waals surface area contributed by atoms with E-state index in [4.69, 9.17) is 4.74 Å². The number of aryl methyl sites for hydroxylation is 2. The van der Waals surface area contributed by atoms with E-state index in [1.165, 1.54) is 0 Å². The zero-order valence-electron chi connectivity index (χ0n) is 16.1. The number of carbonyl (C=O) groups is 1. The normalized spacial score (nSPS) is 11.0. The molecule has 0 radical (unpaired) electrons. The third-order valence-electron chi connectivity index (χ3n) is 4.49. The van der Waals surface area contributed by atoms with E-state index < -0.39 is 5.91 Å². The number of anilines is 1. The van der Waals surface area contributed by atoms with Gasteiger partial charge in [0.25, 0.3) is 5.91 Å². The molecule has 0 atom stereocenters. The fourth-order valence-corrected chi connectivity index (χ4v) is 2.95. The second-order valence-corrected chi connectivity index (χ2v) is 6.37. The molecule has 3 aromatic rings. The summed E-state index contributed by atoms with van der Waals surface area (Å²) in [5, 5.41) is 12.3. The lowest BCUT2D eigenvalue weighted by Crippen LogP contribution is -2.14. The lowest BCUT2D eigenvalue weighted by Gasteiger charge is -2.11. The first kappa shape index (κ1) is 19.0. The molecule has 0 aliphatic rings. The SMILES string of the molecule is COc1ccc(-n2c(C)ccc2/C=C(/C#N)C(=O)Nc2ccccc2C)cc1. The first-order chi connectivity index (χ1) is 13.5. The number of amides is 1. The van der Waals surface area contributed by atoms with Crippen LogP contribution in [0.15, 0.2) is 66.2 Å². The summed E-state index contributed by atoms with van der Waals surface area (Å²) in [5.74, 6) is 0.331. The largest absolute Gasteiger partial charge is 0.497 e. The lowest BCUT2D eigenvalue weighted by atomic mass is 10.1. The third kappa shape index (κ3) is 3.97. The standard InChI is InChI=1S/C23H21N3O2/c1-16-6-4-5-7-22(16)25-23(27)18(15-24)14-20-9-8-17(2)26(20)19-10-12-21(28-3)13-11-19/h4-14H,1-3H3,(H,25,27)/b18-14-. The van der Waals surface area contributed by atoms with Gasteiger partial charge in [-0.25, -0.2) is 0 Å². The van der Waals surface area contributed by atoms with Crippen LogP contribution in [0.1, 0.15) is 17.0 Å². The van der Waals surface area contributed by atoms with E-state index in [9.17, 15) is 10.1 Å². The summed E-state index contributed by atoms with van der Waals surface area (Å²) in [5.41, 5.74) is 4.33. The van der Waals surface area contributed by atoms with Crippen LogP contribution in [0.4, 0.5) is 5.69 Å². The maximum Gasteiger partial charge on any atom is 0.266 e. The van der Waals surface area contributed by atoms with Crippen molar-refractivity contribution < 1.29 is 9.53 Å². The van der Waals surface area contributed by atoms with Crippen LogP contribution in [0.2, 0.25) is 0 Å². The highest BCUT2D eigenvalue weighted by Gasteiger charge is 2.13. The van der Waals surface area contributed by atoms with Crippen molar-refractivity contribution in [2.45, 2.75) is 13.8 Å². The Morgan fingerprint density at radius 3 is 2.43 bits per heavy atom. The Bertz CT molecular complexity index is 1070. The summed E-state index contributed by atoms with van der Waals surface area (Å²) in [6.07, 6.45) is 1.60. The number of benzene rings is 2. The molecule has 0 saturated heterocycles. The van der Waals surface area contributed by atoms with Gasteiger partial charge in [0.2, 0.25) is 0 Å². The van der Waals surface area contributed by atoms with Gasteiger partial charge >= 0.3 is 0 Å². The smallest absolute Gasteiger partial charge is 0.266 e. The summed E-state index contributed by atoms with van der Waals surface area (Å²) >= 11 is 0. The van der Waals surface area contributed by atoms with Crippen molar-refractivity contribution in [2.75, 3.05) is 12.4 Å². The zero-order valence-corrected chi connectivity index (χ0v) is 16.1. The molecule has 0 spiro atoms. The van der Waals surface area contributed by atoms with E-state index in [2.05, 4.69) is 5.32 Å². The van der Waals surface area contributed by atoms with Crippen molar-refractivity contribution in [3.05, 3.63) is 83.2 Å². The topological polar surface area (TPSA) is 67.0 Å². The van der Waals surface area contributed by atoms with Crippen molar-refractivity contribution in [1.82, 2.24) is 4.57 Å². The molecule has 1 aromatic heterocycles. The lowest BCUT2D eigenvalue weighted by molar-refractivity contribution is -0.112. The van der Waals surface area contributed by atoms with Crippen LogP contribution in [0.5, 0.6) is 5.75 Å². The second-order valence-electron chi connectivity index (χ2n) is 6.37. The van der Waals surface area contributed by atoms with Gasteiger partial charge in [-0.2, -0.15) is 5.26 Å². The molecule has 0 bridgehead atoms. The summed E-state index contributed by atoms with van der Waals surface area (Å²) in [6.45, 7) is 3.88. The Morgan fingerprint density at radius 1 is 1.07 bits per heavy atom. The number of nitrogens with one attached hydrogen (secondary N) is 1. The summed E-state index contributed by atoms with van der Waals surface area (Å²) in [6, 6.07) is 20.9. The molecule has 3 rings (SSSR count). The molecule has 5 nitrogen and oxygen atoms in total. The third-order valence-corrected chi connectivity index (χ3v) is 4.49. The van der Waals surface area contributed by atoms with Crippen LogP contribution >= 0.6 is 0 Å². The average molecular weight is 371 g/mol. The molecule has 0 aliphatic heterocycles. The van der Waals surface area contributed by atoms with Crippen LogP contribution in [0.3, 0.4) is 0 Å². The van der Waals surface area contributed by atoms with E-state index in [-0.39, 0.29) is 5.57 Å². The van der Waals surface area contributed by atoms with E-state index in [1.807, 2.05) is 85.1 Å². The first-order valence-electron chi connectivity index (χ1n) is 8.85. The van der Waals surface area contributed by atoms with Crippen LogP contribution < -0.4 is 10.1 Å². The number of nitrogens with zero attached hydrogens (tertiary/aromatic N) is 2. The summed E-state index contributed by atoms with van der Waals surface area (Å²) < 4.78 is 7.19. The predicted octanol–water partition coefficient (Wildman–Crippen LogP) is 4.65. The van der Waals surface area contributed by atoms with Gasteiger partial charge < -0.3 is 14.6 Å². The minimum Gasteiger partial charge on any atom is -0.497 e. The Hall–Kier alpha value is -3.78. The molecular formula is C23H21N3O2. The Morgan fingerprint density at radius 2 is 1.79 bits per heavy atom. The van der Waals surface area contributed by atoms with E-state index in [0.29, 0.717) is 5.69 Å². The highest BCUT2D eigenvalue weighted by Crippen LogP contribution is 2.22. The van der Waals surface area contributed by atoms with Gasteiger partial charge in [-0.1, -0.05) is 18.2 Å². The molecule has 2 aromatic carbocycles. The quantitative estimate of drug-likeness (QED) is 0.524. The molecule has 0 aliphatic carbocycles. The van der Waals surface area contributed by atoms with Gasteiger partial charge in [0, 0.05) is 22.8 Å². The van der Waals surface area contributed by atoms with Gasteiger partial charge in [0.1, 0.15) is 17.4 Å². The summed E-state index contributed by atoms with van der Waals surface area (Å²) in [4.78, 5) is 12.6. The van der Waals surface area contributed by atoms with Gasteiger partial charge in [-0.3, -0.25) is 4.79 Å². The molecule has 0 unspecified atom stereocenters. The van der Waals surface area contributed by atoms with Crippen LogP contribution in [-0.2, 0) is 4.79 Å². The van der Waals surface area contributed by atoms with Crippen LogP contribution in [0.25, 0.3) is 11.8 Å². The molecular weight excluding hydrogens is 350 g/mol. The van der Waals surface area contributed by atoms with Crippen molar-refractivity contribution in [2.24, 2.45) is 0 Å². The number of hydrogen-bond donors (Lipinski definition) is 1. The molecule has 1 N–H and O–H groups in total. The molecule has 5 heteroatoms. The number of aromatic nitrogens is 1. The number of carbonyl (C=O) groups excluding carboxylic acids is 1. The monoisotopic (exact) mass is 371 g/mol. The zero-order chi connectivity index (χ0) is 20.1. The molecule has 1 amide bonds. The molecule has 0 fully saturated rings. The number of methoxy groups -OCH3 is 1. The highest BCUT2D eigenvalue weighted by molar-refractivity contribution is 6.09. The van der Waals surface area contributed by atoms with Crippen LogP contribution in [0, 0.1) is 25.2 Å². The van der Waals surface area contributed by atoms with Crippen molar-refractivity contribution in [3.8, 4) is 17.5 Å². The Labute approximate surface area is 164 Å². The number of rotatable bonds is 5. The number of para-hydroxylation sites is 1. The average Bonchev–Trinajstić information content (AvgIpc) is 3.08. The molecule has 0 saturated carbocycles. The van der Waals surface area contributed by atoms with Gasteiger partial charge in [-0.15, -0.1) is 0 Å². The number of hydrogen-bond acceptors (Lipinski definition) is 3. The summed E-state index contributed by atoms with van der Waals surface area (Å²) in [7, 11) is 1.62. The minimum absolute atomic E-state index is 0.0381. The van der Waals surface area contributed by atoms with E-state index in [0.717, 1.165) is 28.4 Å². The van der Waals surface area contributed by atoms with Crippen LogP contribution in [-0.4, -0.2) is 17.6 Å². The predicted molar refractivity (Wildman–Crippen MR) is 110 cm³/mol. The fourth-order valence-electron chi connectivity index (χ4n) is 2.95. The number of nitriles is 1.